The molecular weight excluding hydrogens is 244 g/mol. The summed E-state index contributed by atoms with van der Waals surface area (Å²) in [6, 6.07) is 7.86. The van der Waals surface area contributed by atoms with Gasteiger partial charge >= 0.3 is 5.97 Å². The van der Waals surface area contributed by atoms with Crippen molar-refractivity contribution in [1.29, 1.82) is 0 Å². The van der Waals surface area contributed by atoms with Gasteiger partial charge in [0.25, 0.3) is 0 Å². The molecule has 1 aromatic carbocycles. The summed E-state index contributed by atoms with van der Waals surface area (Å²) >= 11 is 0. The molecule has 1 unspecified atom stereocenters. The van der Waals surface area contributed by atoms with Crippen LogP contribution in [0.2, 0.25) is 0 Å². The molecule has 19 heavy (non-hydrogen) atoms. The minimum absolute atomic E-state index is 0.148. The molecule has 0 aromatic heterocycles. The lowest BCUT2D eigenvalue weighted by molar-refractivity contribution is 0.0601. The minimum Gasteiger partial charge on any atom is -0.465 e. The average Bonchev–Trinajstić information content (AvgIpc) is 2.93. The number of rotatable bonds is 5. The number of nitrogens with one attached hydrogen (secondary N) is 1. The van der Waals surface area contributed by atoms with Gasteiger partial charge in [-0.2, -0.15) is 0 Å². The average molecular weight is 264 g/mol. The van der Waals surface area contributed by atoms with Gasteiger partial charge in [-0.25, -0.2) is 4.79 Å². The fraction of sp³-hybridized carbons (Fsp3) is 0.500. The summed E-state index contributed by atoms with van der Waals surface area (Å²) in [6.07, 6.45) is 1.01. The number of para-hydroxylation sites is 1. The Labute approximate surface area is 113 Å². The van der Waals surface area contributed by atoms with Crippen LogP contribution in [0.3, 0.4) is 0 Å². The number of esters is 1. The third-order valence-corrected chi connectivity index (χ3v) is 3.38. The molecule has 0 spiro atoms. The first-order chi connectivity index (χ1) is 9.26. The maximum absolute atomic E-state index is 11.7. The molecule has 104 valence electrons. The van der Waals surface area contributed by atoms with Crippen LogP contribution >= 0.6 is 0 Å². The Bertz CT molecular complexity index is 436. The van der Waals surface area contributed by atoms with Crippen LogP contribution in [-0.2, 0) is 4.74 Å². The molecule has 1 saturated heterocycles. The summed E-state index contributed by atoms with van der Waals surface area (Å²) in [7, 11) is 1.40. The summed E-state index contributed by atoms with van der Waals surface area (Å²) in [5, 5.41) is 12.1. The van der Waals surface area contributed by atoms with E-state index in [2.05, 4.69) is 10.2 Å². The minimum atomic E-state index is -0.303. The Morgan fingerprint density at radius 3 is 3.05 bits per heavy atom. The van der Waals surface area contributed by atoms with Gasteiger partial charge in [0.05, 0.1) is 25.0 Å². The normalized spacial score (nSPS) is 18.6. The lowest BCUT2D eigenvalue weighted by atomic mass is 10.1. The molecule has 0 aliphatic carbocycles. The Balaban J connectivity index is 2.09. The van der Waals surface area contributed by atoms with Crippen molar-refractivity contribution in [2.45, 2.75) is 12.5 Å². The second kappa shape index (κ2) is 6.54. The molecule has 1 aliphatic rings. The molecule has 1 heterocycles. The van der Waals surface area contributed by atoms with Crippen LogP contribution in [0.15, 0.2) is 24.3 Å². The fourth-order valence-corrected chi connectivity index (χ4v) is 2.45. The van der Waals surface area contributed by atoms with Crippen molar-refractivity contribution in [3.63, 3.8) is 0 Å². The molecule has 0 amide bonds. The number of carbonyl (C=O) groups is 1. The van der Waals surface area contributed by atoms with Crippen molar-refractivity contribution in [3.05, 3.63) is 29.8 Å². The van der Waals surface area contributed by atoms with Gasteiger partial charge in [0.1, 0.15) is 0 Å². The summed E-state index contributed by atoms with van der Waals surface area (Å²) in [6.45, 7) is 2.50. The van der Waals surface area contributed by atoms with E-state index in [0.717, 1.165) is 25.2 Å². The first kappa shape index (κ1) is 13.8. The van der Waals surface area contributed by atoms with Crippen LogP contribution in [0.4, 0.5) is 5.69 Å². The fourth-order valence-electron chi connectivity index (χ4n) is 2.45. The van der Waals surface area contributed by atoms with E-state index in [-0.39, 0.29) is 12.6 Å². The van der Waals surface area contributed by atoms with Crippen LogP contribution in [0.25, 0.3) is 0 Å². The maximum atomic E-state index is 11.7. The van der Waals surface area contributed by atoms with Crippen molar-refractivity contribution in [2.75, 3.05) is 38.3 Å². The lowest BCUT2D eigenvalue weighted by Gasteiger charge is -2.21. The molecule has 0 radical (unpaired) electrons. The van der Waals surface area contributed by atoms with Crippen molar-refractivity contribution in [3.8, 4) is 0 Å². The highest BCUT2D eigenvalue weighted by Crippen LogP contribution is 2.25. The maximum Gasteiger partial charge on any atom is 0.339 e. The van der Waals surface area contributed by atoms with E-state index in [1.807, 2.05) is 18.2 Å². The zero-order valence-corrected chi connectivity index (χ0v) is 11.1. The molecule has 5 heteroatoms. The molecule has 1 aromatic rings. The Morgan fingerprint density at radius 2 is 2.32 bits per heavy atom. The Morgan fingerprint density at radius 1 is 1.53 bits per heavy atom. The molecule has 0 bridgehead atoms. The number of nitrogens with zero attached hydrogens (tertiary/aromatic N) is 1. The van der Waals surface area contributed by atoms with E-state index in [1.165, 1.54) is 7.11 Å². The quantitative estimate of drug-likeness (QED) is 0.764. The van der Waals surface area contributed by atoms with Gasteiger partial charge in [0.15, 0.2) is 0 Å². The molecule has 2 N–H and O–H groups in total. The third-order valence-electron chi connectivity index (χ3n) is 3.38. The van der Waals surface area contributed by atoms with Gasteiger partial charge in [-0.1, -0.05) is 12.1 Å². The summed E-state index contributed by atoms with van der Waals surface area (Å²) in [4.78, 5) is 13.9. The molecule has 1 fully saturated rings. The molecule has 1 atom stereocenters. The smallest absolute Gasteiger partial charge is 0.339 e. The van der Waals surface area contributed by atoms with E-state index in [9.17, 15) is 4.79 Å². The SMILES string of the molecule is COC(=O)c1ccccc1N1CCC(NCCO)C1. The van der Waals surface area contributed by atoms with Crippen LogP contribution < -0.4 is 10.2 Å². The van der Waals surface area contributed by atoms with E-state index >= 15 is 0 Å². The molecule has 2 rings (SSSR count). The molecule has 5 nitrogen and oxygen atoms in total. The number of ether oxygens (including phenoxy) is 1. The Kier molecular flexibility index (Phi) is 4.76. The number of hydrogen-bond donors (Lipinski definition) is 2. The number of aliphatic hydroxyl groups excluding tert-OH is 1. The van der Waals surface area contributed by atoms with E-state index in [4.69, 9.17) is 9.84 Å². The van der Waals surface area contributed by atoms with E-state index in [1.54, 1.807) is 6.07 Å². The van der Waals surface area contributed by atoms with Crippen molar-refractivity contribution < 1.29 is 14.6 Å². The third kappa shape index (κ3) is 3.24. The first-order valence-corrected chi connectivity index (χ1v) is 6.52. The number of benzene rings is 1. The van der Waals surface area contributed by atoms with Gasteiger partial charge < -0.3 is 20.1 Å². The number of anilines is 1. The molecule has 1 aliphatic heterocycles. The predicted molar refractivity (Wildman–Crippen MR) is 73.5 cm³/mol. The van der Waals surface area contributed by atoms with E-state index < -0.39 is 0 Å². The number of aliphatic hydroxyl groups is 1. The predicted octanol–water partition coefficient (Wildman–Crippen LogP) is 0.634. The summed E-state index contributed by atoms with van der Waals surface area (Å²) < 4.78 is 4.81. The number of carbonyl (C=O) groups excluding carboxylic acids is 1. The lowest BCUT2D eigenvalue weighted by Crippen LogP contribution is -2.34. The van der Waals surface area contributed by atoms with Crippen molar-refractivity contribution in [1.82, 2.24) is 5.32 Å². The second-order valence-electron chi connectivity index (χ2n) is 4.62. The highest BCUT2D eigenvalue weighted by Gasteiger charge is 2.25. The van der Waals surface area contributed by atoms with Crippen LogP contribution in [-0.4, -0.2) is 50.5 Å². The summed E-state index contributed by atoms with van der Waals surface area (Å²) in [5.41, 5.74) is 1.52. The zero-order chi connectivity index (χ0) is 13.7. The van der Waals surface area contributed by atoms with Crippen molar-refractivity contribution >= 4 is 11.7 Å². The van der Waals surface area contributed by atoms with Gasteiger partial charge in [0, 0.05) is 25.7 Å². The highest BCUT2D eigenvalue weighted by molar-refractivity contribution is 5.95. The Hall–Kier alpha value is -1.59. The largest absolute Gasteiger partial charge is 0.465 e. The van der Waals surface area contributed by atoms with Gasteiger partial charge in [-0.05, 0) is 18.6 Å². The van der Waals surface area contributed by atoms with E-state index in [0.29, 0.717) is 18.2 Å². The van der Waals surface area contributed by atoms with Gasteiger partial charge in [0.2, 0.25) is 0 Å². The van der Waals surface area contributed by atoms with Gasteiger partial charge in [-0.3, -0.25) is 0 Å². The zero-order valence-electron chi connectivity index (χ0n) is 11.1. The number of hydrogen-bond acceptors (Lipinski definition) is 5. The standard InChI is InChI=1S/C14H20N2O3/c1-19-14(18)12-4-2-3-5-13(12)16-8-6-11(10-16)15-7-9-17/h2-5,11,15,17H,6-10H2,1H3. The van der Waals surface area contributed by atoms with Crippen LogP contribution in [0.5, 0.6) is 0 Å². The monoisotopic (exact) mass is 264 g/mol. The summed E-state index contributed by atoms with van der Waals surface area (Å²) in [5.74, 6) is -0.303. The van der Waals surface area contributed by atoms with Crippen LogP contribution in [0.1, 0.15) is 16.8 Å². The highest BCUT2D eigenvalue weighted by atomic mass is 16.5. The van der Waals surface area contributed by atoms with Crippen LogP contribution in [0, 0.1) is 0 Å². The molecule has 0 saturated carbocycles. The topological polar surface area (TPSA) is 61.8 Å². The molecular formula is C14H20N2O3. The second-order valence-corrected chi connectivity index (χ2v) is 4.62. The van der Waals surface area contributed by atoms with Crippen molar-refractivity contribution in [2.24, 2.45) is 0 Å². The number of methoxy groups -OCH3 is 1. The first-order valence-electron chi connectivity index (χ1n) is 6.52. The van der Waals surface area contributed by atoms with Gasteiger partial charge in [-0.15, -0.1) is 0 Å².